The highest BCUT2D eigenvalue weighted by atomic mass is 32.1. The predicted octanol–water partition coefficient (Wildman–Crippen LogP) is 3.08. The van der Waals surface area contributed by atoms with Crippen LogP contribution in [0.1, 0.15) is 49.9 Å². The molecule has 4 rings (SSSR count). The molecule has 1 aliphatic rings. The van der Waals surface area contributed by atoms with E-state index >= 15 is 0 Å². The molecule has 1 aliphatic heterocycles. The Labute approximate surface area is 145 Å². The first kappa shape index (κ1) is 15.9. The quantitative estimate of drug-likeness (QED) is 0.720. The molecule has 0 amide bonds. The third-order valence-electron chi connectivity index (χ3n) is 4.44. The Bertz CT molecular complexity index is 882. The van der Waals surface area contributed by atoms with Crippen molar-refractivity contribution in [1.82, 2.24) is 24.9 Å². The van der Waals surface area contributed by atoms with Gasteiger partial charge in [0.25, 0.3) is 0 Å². The molecule has 0 fully saturated rings. The van der Waals surface area contributed by atoms with E-state index < -0.39 is 0 Å². The number of aromatic nitrogens is 4. The normalized spacial score (nSPS) is 16.8. The summed E-state index contributed by atoms with van der Waals surface area (Å²) in [5.41, 5.74) is 2.11. The summed E-state index contributed by atoms with van der Waals surface area (Å²) >= 11 is 1.72. The first-order valence-corrected chi connectivity index (χ1v) is 9.38. The van der Waals surface area contributed by atoms with Crippen molar-refractivity contribution in [3.05, 3.63) is 22.6 Å². The molecule has 7 heteroatoms. The topological polar surface area (TPSA) is 64.3 Å². The number of fused-ring (bicyclic) bond motifs is 5. The molecule has 0 radical (unpaired) electrons. The lowest BCUT2D eigenvalue weighted by Crippen LogP contribution is -2.31. The van der Waals surface area contributed by atoms with Crippen LogP contribution >= 0.6 is 11.3 Å². The number of hydrogen-bond acceptors (Lipinski definition) is 6. The average molecular weight is 345 g/mol. The zero-order valence-corrected chi connectivity index (χ0v) is 15.2. The molecule has 0 spiro atoms. The Morgan fingerprint density at radius 3 is 3.12 bits per heavy atom. The molecular formula is C17H23N5OS. The molecule has 0 aliphatic carbocycles. The molecule has 128 valence electrons. The first-order valence-electron chi connectivity index (χ1n) is 8.56. The summed E-state index contributed by atoms with van der Waals surface area (Å²) in [7, 11) is 0. The summed E-state index contributed by atoms with van der Waals surface area (Å²) in [6.07, 6.45) is 5.02. The van der Waals surface area contributed by atoms with Crippen LogP contribution in [0.15, 0.2) is 6.33 Å². The van der Waals surface area contributed by atoms with Crippen molar-refractivity contribution in [3.63, 3.8) is 0 Å². The standard InChI is InChI=1S/C17H23N5OS/c1-4-5-6-18-8-13-20-15-14-11-7-17(2,3)23-9-12(11)24-16(14)19-10-22(15)21-13/h10,18H,4-9H2,1-3H3. The average Bonchev–Trinajstić information content (AvgIpc) is 3.10. The van der Waals surface area contributed by atoms with Gasteiger partial charge in [-0.25, -0.2) is 14.5 Å². The molecule has 6 nitrogen and oxygen atoms in total. The number of unbranched alkanes of at least 4 members (excludes halogenated alkanes) is 1. The molecule has 4 heterocycles. The molecule has 0 unspecified atom stereocenters. The maximum absolute atomic E-state index is 5.94. The van der Waals surface area contributed by atoms with E-state index in [1.54, 1.807) is 17.7 Å². The summed E-state index contributed by atoms with van der Waals surface area (Å²) in [4.78, 5) is 11.7. The summed E-state index contributed by atoms with van der Waals surface area (Å²) in [6, 6.07) is 0. The van der Waals surface area contributed by atoms with Gasteiger partial charge in [0.2, 0.25) is 0 Å². The van der Waals surface area contributed by atoms with Crippen molar-refractivity contribution < 1.29 is 4.74 Å². The number of nitrogens with one attached hydrogen (secondary N) is 1. The van der Waals surface area contributed by atoms with Gasteiger partial charge in [0, 0.05) is 11.3 Å². The molecule has 0 aromatic carbocycles. The van der Waals surface area contributed by atoms with Crippen LogP contribution in [0.4, 0.5) is 0 Å². The Kier molecular flexibility index (Phi) is 4.02. The van der Waals surface area contributed by atoms with Crippen LogP contribution in [-0.2, 0) is 24.3 Å². The second kappa shape index (κ2) is 6.06. The monoisotopic (exact) mass is 345 g/mol. The van der Waals surface area contributed by atoms with Gasteiger partial charge in [-0.05, 0) is 32.4 Å². The van der Waals surface area contributed by atoms with Gasteiger partial charge < -0.3 is 10.1 Å². The minimum Gasteiger partial charge on any atom is -0.370 e. The van der Waals surface area contributed by atoms with E-state index in [0.717, 1.165) is 34.7 Å². The molecule has 24 heavy (non-hydrogen) atoms. The molecule has 1 N–H and O–H groups in total. The molecular weight excluding hydrogens is 322 g/mol. The smallest absolute Gasteiger partial charge is 0.168 e. The van der Waals surface area contributed by atoms with Gasteiger partial charge in [-0.3, -0.25) is 0 Å². The van der Waals surface area contributed by atoms with Gasteiger partial charge in [-0.15, -0.1) is 16.4 Å². The van der Waals surface area contributed by atoms with E-state index in [1.807, 2.05) is 4.52 Å². The minimum absolute atomic E-state index is 0.140. The largest absolute Gasteiger partial charge is 0.370 e. The van der Waals surface area contributed by atoms with Crippen molar-refractivity contribution in [2.45, 2.75) is 58.8 Å². The van der Waals surface area contributed by atoms with Crippen molar-refractivity contribution in [1.29, 1.82) is 0 Å². The Morgan fingerprint density at radius 1 is 1.42 bits per heavy atom. The molecule has 0 bridgehead atoms. The van der Waals surface area contributed by atoms with E-state index in [0.29, 0.717) is 13.2 Å². The fourth-order valence-corrected chi connectivity index (χ4v) is 4.23. The van der Waals surface area contributed by atoms with E-state index in [-0.39, 0.29) is 5.60 Å². The maximum Gasteiger partial charge on any atom is 0.168 e. The lowest BCUT2D eigenvalue weighted by Gasteiger charge is -2.30. The van der Waals surface area contributed by atoms with Crippen LogP contribution in [0, 0.1) is 0 Å². The molecule has 3 aromatic heterocycles. The summed E-state index contributed by atoms with van der Waals surface area (Å²) in [5.74, 6) is 0.826. The number of hydrogen-bond donors (Lipinski definition) is 1. The second-order valence-corrected chi connectivity index (χ2v) is 8.06. The number of nitrogens with zero attached hydrogens (tertiary/aromatic N) is 4. The third kappa shape index (κ3) is 2.81. The number of rotatable bonds is 5. The van der Waals surface area contributed by atoms with Crippen LogP contribution < -0.4 is 5.32 Å². The summed E-state index contributed by atoms with van der Waals surface area (Å²) < 4.78 is 7.76. The second-order valence-electron chi connectivity index (χ2n) is 6.98. The molecule has 0 saturated heterocycles. The number of thiophene rings is 1. The SMILES string of the molecule is CCCCNCc1nc2c3c4c(sc3ncn2n1)COC(C)(C)C4. The maximum atomic E-state index is 5.94. The van der Waals surface area contributed by atoms with Crippen LogP contribution in [0.3, 0.4) is 0 Å². The van der Waals surface area contributed by atoms with E-state index in [1.165, 1.54) is 23.3 Å². The van der Waals surface area contributed by atoms with Crippen LogP contribution in [-0.4, -0.2) is 31.7 Å². The van der Waals surface area contributed by atoms with Crippen LogP contribution in [0.2, 0.25) is 0 Å². The minimum atomic E-state index is -0.140. The summed E-state index contributed by atoms with van der Waals surface area (Å²) in [5, 5.41) is 9.14. The lowest BCUT2D eigenvalue weighted by molar-refractivity contribution is -0.0379. The van der Waals surface area contributed by atoms with Crippen molar-refractivity contribution in [2.24, 2.45) is 0 Å². The fraction of sp³-hybridized carbons (Fsp3) is 0.588. The van der Waals surface area contributed by atoms with Crippen molar-refractivity contribution >= 4 is 27.2 Å². The fourth-order valence-electron chi connectivity index (χ4n) is 3.16. The molecule has 3 aromatic rings. The summed E-state index contributed by atoms with van der Waals surface area (Å²) in [6.45, 7) is 8.83. The zero-order valence-electron chi connectivity index (χ0n) is 14.4. The van der Waals surface area contributed by atoms with Gasteiger partial charge in [0.05, 0.1) is 24.1 Å². The van der Waals surface area contributed by atoms with E-state index in [2.05, 4.69) is 36.2 Å². The highest BCUT2D eigenvalue weighted by Crippen LogP contribution is 2.39. The van der Waals surface area contributed by atoms with Gasteiger partial charge in [-0.2, -0.15) is 0 Å². The Hall–Kier alpha value is -1.57. The van der Waals surface area contributed by atoms with Crippen LogP contribution in [0.25, 0.3) is 15.9 Å². The van der Waals surface area contributed by atoms with Gasteiger partial charge >= 0.3 is 0 Å². The van der Waals surface area contributed by atoms with E-state index in [9.17, 15) is 0 Å². The van der Waals surface area contributed by atoms with E-state index in [4.69, 9.17) is 9.72 Å². The van der Waals surface area contributed by atoms with Crippen molar-refractivity contribution in [2.75, 3.05) is 6.54 Å². The first-order chi connectivity index (χ1) is 11.6. The van der Waals surface area contributed by atoms with Crippen molar-refractivity contribution in [3.8, 4) is 0 Å². The van der Waals surface area contributed by atoms with Gasteiger partial charge in [0.15, 0.2) is 11.5 Å². The number of ether oxygens (including phenoxy) is 1. The van der Waals surface area contributed by atoms with Gasteiger partial charge in [0.1, 0.15) is 11.2 Å². The van der Waals surface area contributed by atoms with Crippen LogP contribution in [0.5, 0.6) is 0 Å². The molecule has 0 saturated carbocycles. The van der Waals surface area contributed by atoms with Gasteiger partial charge in [-0.1, -0.05) is 13.3 Å². The third-order valence-corrected chi connectivity index (χ3v) is 5.56. The lowest BCUT2D eigenvalue weighted by atomic mass is 9.94. The Balaban J connectivity index is 1.74. The zero-order chi connectivity index (χ0) is 16.7. The highest BCUT2D eigenvalue weighted by Gasteiger charge is 2.30. The predicted molar refractivity (Wildman–Crippen MR) is 95.4 cm³/mol. The molecule has 0 atom stereocenters. The highest BCUT2D eigenvalue weighted by molar-refractivity contribution is 7.19. The Morgan fingerprint density at radius 2 is 2.29 bits per heavy atom.